The van der Waals surface area contributed by atoms with Crippen molar-refractivity contribution in [2.45, 2.75) is 26.4 Å². The van der Waals surface area contributed by atoms with Crippen molar-refractivity contribution in [2.24, 2.45) is 5.92 Å². The first-order chi connectivity index (χ1) is 12.5. The Balaban J connectivity index is 2.23. The number of nitrogens with zero attached hydrogens (tertiary/aromatic N) is 2. The molecule has 0 aliphatic rings. The summed E-state index contributed by atoms with van der Waals surface area (Å²) in [6.07, 6.45) is 0.681. The average molecular weight is 350 g/mol. The molecule has 5 nitrogen and oxygen atoms in total. The molecule has 0 fully saturated rings. The standard InChI is InChI=1S/C21H22N2O3/c1-15(2)20(21(25)26-3)23(14-24)13-16-8-10-17(11-9-16)19-7-5-4-6-18(19)12-22/h4-11,14-15,20H,13H2,1-3H3/t20-/m0/s1. The number of methoxy groups -OCH3 is 1. The first-order valence-electron chi connectivity index (χ1n) is 8.39. The number of carbonyl (C=O) groups is 2. The first kappa shape index (κ1) is 19.2. The molecule has 0 aromatic heterocycles. The van der Waals surface area contributed by atoms with E-state index in [1.165, 1.54) is 12.0 Å². The van der Waals surface area contributed by atoms with Gasteiger partial charge in [0.2, 0.25) is 6.41 Å². The molecule has 0 bridgehead atoms. The summed E-state index contributed by atoms with van der Waals surface area (Å²) >= 11 is 0. The van der Waals surface area contributed by atoms with Crippen LogP contribution in [0.5, 0.6) is 0 Å². The lowest BCUT2D eigenvalue weighted by atomic mass is 9.98. The van der Waals surface area contributed by atoms with Gasteiger partial charge in [0.15, 0.2) is 0 Å². The molecule has 2 aromatic carbocycles. The molecule has 1 amide bonds. The van der Waals surface area contributed by atoms with E-state index in [1.54, 1.807) is 6.07 Å². The third kappa shape index (κ3) is 4.28. The first-order valence-corrected chi connectivity index (χ1v) is 8.39. The van der Waals surface area contributed by atoms with Crippen LogP contribution in [0.2, 0.25) is 0 Å². The van der Waals surface area contributed by atoms with Gasteiger partial charge in [-0.15, -0.1) is 0 Å². The minimum atomic E-state index is -0.628. The Morgan fingerprint density at radius 2 is 1.85 bits per heavy atom. The molecule has 0 aliphatic heterocycles. The molecule has 0 heterocycles. The minimum absolute atomic E-state index is 0.0607. The lowest BCUT2D eigenvalue weighted by Crippen LogP contribution is -2.44. The summed E-state index contributed by atoms with van der Waals surface area (Å²) in [5.74, 6) is -0.485. The molecule has 26 heavy (non-hydrogen) atoms. The molecule has 0 saturated carbocycles. The molecule has 0 radical (unpaired) electrons. The SMILES string of the molecule is COC(=O)[C@H](C(C)C)N(C=O)Cc1ccc(-c2ccccc2C#N)cc1. The van der Waals surface area contributed by atoms with Gasteiger partial charge in [-0.1, -0.05) is 56.3 Å². The van der Waals surface area contributed by atoms with Crippen LogP contribution in [0.25, 0.3) is 11.1 Å². The zero-order valence-electron chi connectivity index (χ0n) is 15.2. The van der Waals surface area contributed by atoms with E-state index in [1.807, 2.05) is 56.3 Å². The van der Waals surface area contributed by atoms with Crippen molar-refractivity contribution in [2.75, 3.05) is 7.11 Å². The second-order valence-electron chi connectivity index (χ2n) is 6.34. The van der Waals surface area contributed by atoms with Crippen molar-refractivity contribution in [3.8, 4) is 17.2 Å². The van der Waals surface area contributed by atoms with Gasteiger partial charge in [-0.2, -0.15) is 5.26 Å². The summed E-state index contributed by atoms with van der Waals surface area (Å²) in [6, 6.07) is 16.6. The molecule has 1 atom stereocenters. The van der Waals surface area contributed by atoms with Gasteiger partial charge in [0.1, 0.15) is 6.04 Å². The van der Waals surface area contributed by atoms with Gasteiger partial charge in [0.05, 0.1) is 18.7 Å². The van der Waals surface area contributed by atoms with Crippen LogP contribution in [0.1, 0.15) is 25.0 Å². The second kappa shape index (κ2) is 8.82. The summed E-state index contributed by atoms with van der Waals surface area (Å²) in [5, 5.41) is 9.23. The Bertz CT molecular complexity index is 807. The highest BCUT2D eigenvalue weighted by molar-refractivity contribution is 5.78. The fourth-order valence-corrected chi connectivity index (χ4v) is 2.95. The van der Waals surface area contributed by atoms with Crippen LogP contribution >= 0.6 is 0 Å². The van der Waals surface area contributed by atoms with Crippen molar-refractivity contribution in [1.82, 2.24) is 4.90 Å². The minimum Gasteiger partial charge on any atom is -0.467 e. The molecule has 0 spiro atoms. The zero-order chi connectivity index (χ0) is 19.1. The molecular weight excluding hydrogens is 328 g/mol. The maximum atomic E-state index is 12.0. The van der Waals surface area contributed by atoms with E-state index in [0.29, 0.717) is 18.5 Å². The predicted octanol–water partition coefficient (Wildman–Crippen LogP) is 3.38. The lowest BCUT2D eigenvalue weighted by molar-refractivity contribution is -0.151. The molecule has 2 aromatic rings. The van der Waals surface area contributed by atoms with Crippen LogP contribution in [0.3, 0.4) is 0 Å². The van der Waals surface area contributed by atoms with E-state index in [9.17, 15) is 14.9 Å². The Labute approximate surface area is 153 Å². The smallest absolute Gasteiger partial charge is 0.328 e. The van der Waals surface area contributed by atoms with Gasteiger partial charge < -0.3 is 9.64 Å². The Hall–Kier alpha value is -3.13. The van der Waals surface area contributed by atoms with E-state index >= 15 is 0 Å². The van der Waals surface area contributed by atoms with E-state index < -0.39 is 12.0 Å². The quantitative estimate of drug-likeness (QED) is 0.567. The Morgan fingerprint density at radius 1 is 1.19 bits per heavy atom. The number of benzene rings is 2. The fraction of sp³-hybridized carbons (Fsp3) is 0.286. The number of rotatable bonds is 7. The molecule has 0 N–H and O–H groups in total. The third-order valence-electron chi connectivity index (χ3n) is 4.24. The van der Waals surface area contributed by atoms with Crippen molar-refractivity contribution in [3.63, 3.8) is 0 Å². The van der Waals surface area contributed by atoms with Crippen LogP contribution in [-0.4, -0.2) is 30.4 Å². The normalized spacial score (nSPS) is 11.5. The topological polar surface area (TPSA) is 70.4 Å². The third-order valence-corrected chi connectivity index (χ3v) is 4.24. The van der Waals surface area contributed by atoms with Gasteiger partial charge in [0, 0.05) is 6.54 Å². The van der Waals surface area contributed by atoms with E-state index in [-0.39, 0.29) is 5.92 Å². The summed E-state index contributed by atoms with van der Waals surface area (Å²) in [5.41, 5.74) is 3.30. The average Bonchev–Trinajstić information content (AvgIpc) is 2.67. The highest BCUT2D eigenvalue weighted by Gasteiger charge is 2.29. The maximum absolute atomic E-state index is 12.0. The fourth-order valence-electron chi connectivity index (χ4n) is 2.95. The van der Waals surface area contributed by atoms with Crippen LogP contribution in [0, 0.1) is 17.2 Å². The molecule has 0 saturated heterocycles. The summed E-state index contributed by atoms with van der Waals surface area (Å²) < 4.78 is 4.83. The number of esters is 1. The van der Waals surface area contributed by atoms with Gasteiger partial charge in [-0.3, -0.25) is 4.79 Å². The largest absolute Gasteiger partial charge is 0.467 e. The van der Waals surface area contributed by atoms with Crippen LogP contribution < -0.4 is 0 Å². The summed E-state index contributed by atoms with van der Waals surface area (Å²) in [4.78, 5) is 25.0. The van der Waals surface area contributed by atoms with Crippen molar-refractivity contribution >= 4 is 12.4 Å². The zero-order valence-corrected chi connectivity index (χ0v) is 15.2. The van der Waals surface area contributed by atoms with Gasteiger partial charge in [-0.05, 0) is 28.7 Å². The van der Waals surface area contributed by atoms with Crippen molar-refractivity contribution in [3.05, 3.63) is 59.7 Å². The van der Waals surface area contributed by atoms with E-state index in [2.05, 4.69) is 6.07 Å². The number of amides is 1. The second-order valence-corrected chi connectivity index (χ2v) is 6.34. The Morgan fingerprint density at radius 3 is 2.38 bits per heavy atom. The number of hydrogen-bond acceptors (Lipinski definition) is 4. The Kier molecular flexibility index (Phi) is 6.51. The van der Waals surface area contributed by atoms with Gasteiger partial charge in [0.25, 0.3) is 0 Å². The van der Waals surface area contributed by atoms with Gasteiger partial charge in [-0.25, -0.2) is 4.79 Å². The molecule has 0 unspecified atom stereocenters. The molecule has 5 heteroatoms. The number of nitriles is 1. The van der Waals surface area contributed by atoms with Crippen LogP contribution in [0.4, 0.5) is 0 Å². The number of hydrogen-bond donors (Lipinski definition) is 0. The maximum Gasteiger partial charge on any atom is 0.328 e. The van der Waals surface area contributed by atoms with E-state index in [4.69, 9.17) is 4.74 Å². The molecular formula is C21H22N2O3. The number of ether oxygens (including phenoxy) is 1. The molecule has 0 aliphatic carbocycles. The molecule has 134 valence electrons. The number of carbonyl (C=O) groups excluding carboxylic acids is 2. The summed E-state index contributed by atoms with van der Waals surface area (Å²) in [7, 11) is 1.32. The van der Waals surface area contributed by atoms with Gasteiger partial charge >= 0.3 is 5.97 Å². The van der Waals surface area contributed by atoms with Crippen LogP contribution in [-0.2, 0) is 20.9 Å². The summed E-state index contributed by atoms with van der Waals surface area (Å²) in [6.45, 7) is 4.06. The monoisotopic (exact) mass is 350 g/mol. The van der Waals surface area contributed by atoms with Crippen molar-refractivity contribution < 1.29 is 14.3 Å². The van der Waals surface area contributed by atoms with E-state index in [0.717, 1.165) is 16.7 Å². The van der Waals surface area contributed by atoms with Crippen molar-refractivity contribution in [1.29, 1.82) is 5.26 Å². The predicted molar refractivity (Wildman–Crippen MR) is 98.8 cm³/mol. The highest BCUT2D eigenvalue weighted by Crippen LogP contribution is 2.24. The lowest BCUT2D eigenvalue weighted by Gasteiger charge is -2.29. The highest BCUT2D eigenvalue weighted by atomic mass is 16.5. The molecule has 2 rings (SSSR count). The van der Waals surface area contributed by atoms with Crippen LogP contribution in [0.15, 0.2) is 48.5 Å².